The van der Waals surface area contributed by atoms with E-state index in [-0.39, 0.29) is 28.7 Å². The standard InChI is InChI=1S/C23H26F2N2O4/c1-12(28)17-10-13(8-9-26-17)27-22(29)21-15(11-18(31-21)23(2,3)4)14-6-7-16(24)19(25)20(14)30-5/h6-10,15,18,21H,11H2,1-5H3,(H,26,27,29)/t15-,18+,21+/m1/s1. The number of nitrogens with one attached hydrogen (secondary N) is 1. The average molecular weight is 432 g/mol. The summed E-state index contributed by atoms with van der Waals surface area (Å²) in [6, 6.07) is 5.49. The lowest BCUT2D eigenvalue weighted by molar-refractivity contribution is -0.129. The number of carbonyl (C=O) groups is 2. The van der Waals surface area contributed by atoms with Crippen molar-refractivity contribution in [2.45, 2.75) is 52.2 Å². The van der Waals surface area contributed by atoms with E-state index in [9.17, 15) is 18.4 Å². The molecule has 3 rings (SSSR count). The third kappa shape index (κ3) is 4.74. The molecule has 3 atom stereocenters. The van der Waals surface area contributed by atoms with Gasteiger partial charge in [-0.15, -0.1) is 0 Å². The van der Waals surface area contributed by atoms with Gasteiger partial charge in [-0.05, 0) is 30.0 Å². The van der Waals surface area contributed by atoms with Crippen molar-refractivity contribution >= 4 is 17.4 Å². The van der Waals surface area contributed by atoms with Crippen molar-refractivity contribution in [3.05, 3.63) is 53.4 Å². The molecule has 6 nitrogen and oxygen atoms in total. The third-order valence-corrected chi connectivity index (χ3v) is 5.44. The molecule has 1 aromatic heterocycles. The van der Waals surface area contributed by atoms with E-state index in [1.807, 2.05) is 20.8 Å². The van der Waals surface area contributed by atoms with Gasteiger partial charge in [0.25, 0.3) is 5.91 Å². The van der Waals surface area contributed by atoms with E-state index in [1.165, 1.54) is 32.4 Å². The van der Waals surface area contributed by atoms with Gasteiger partial charge in [0.05, 0.1) is 13.2 Å². The van der Waals surface area contributed by atoms with Crippen molar-refractivity contribution in [3.63, 3.8) is 0 Å². The van der Waals surface area contributed by atoms with Crippen LogP contribution < -0.4 is 10.1 Å². The van der Waals surface area contributed by atoms with Crippen LogP contribution in [0.5, 0.6) is 5.75 Å². The summed E-state index contributed by atoms with van der Waals surface area (Å²) in [4.78, 5) is 28.7. The van der Waals surface area contributed by atoms with E-state index in [4.69, 9.17) is 9.47 Å². The van der Waals surface area contributed by atoms with Crippen LogP contribution in [0.3, 0.4) is 0 Å². The van der Waals surface area contributed by atoms with Crippen LogP contribution >= 0.6 is 0 Å². The number of amides is 1. The first kappa shape index (κ1) is 22.8. The SMILES string of the molecule is COc1c([C@H]2C[C@@H](C(C)(C)C)O[C@@H]2C(=O)Nc2ccnc(C(C)=O)c2)ccc(F)c1F. The lowest BCUT2D eigenvalue weighted by Gasteiger charge is -2.26. The highest BCUT2D eigenvalue weighted by atomic mass is 19.2. The number of anilines is 1. The van der Waals surface area contributed by atoms with Crippen LogP contribution in [0.25, 0.3) is 0 Å². The fourth-order valence-corrected chi connectivity index (χ4v) is 3.73. The summed E-state index contributed by atoms with van der Waals surface area (Å²) >= 11 is 0. The maximum Gasteiger partial charge on any atom is 0.254 e. The van der Waals surface area contributed by atoms with Gasteiger partial charge in [-0.3, -0.25) is 14.6 Å². The monoisotopic (exact) mass is 432 g/mol. The molecule has 1 saturated heterocycles. The molecular weight excluding hydrogens is 406 g/mol. The Morgan fingerprint density at radius 2 is 1.94 bits per heavy atom. The minimum Gasteiger partial charge on any atom is -0.493 e. The molecule has 0 unspecified atom stereocenters. The van der Waals surface area contributed by atoms with Gasteiger partial charge < -0.3 is 14.8 Å². The summed E-state index contributed by atoms with van der Waals surface area (Å²) in [6.07, 6.45) is 0.599. The van der Waals surface area contributed by atoms with E-state index < -0.39 is 29.6 Å². The summed E-state index contributed by atoms with van der Waals surface area (Å²) < 4.78 is 39.3. The molecule has 8 heteroatoms. The Hall–Kier alpha value is -2.87. The summed E-state index contributed by atoms with van der Waals surface area (Å²) in [7, 11) is 1.26. The molecule has 166 valence electrons. The van der Waals surface area contributed by atoms with Gasteiger partial charge in [-0.2, -0.15) is 4.39 Å². The van der Waals surface area contributed by atoms with Crippen molar-refractivity contribution in [1.29, 1.82) is 0 Å². The van der Waals surface area contributed by atoms with Gasteiger partial charge in [0.1, 0.15) is 11.8 Å². The molecule has 0 aliphatic carbocycles. The molecule has 0 saturated carbocycles. The number of aromatic nitrogens is 1. The molecule has 1 N–H and O–H groups in total. The quantitative estimate of drug-likeness (QED) is 0.704. The first-order valence-corrected chi connectivity index (χ1v) is 9.98. The van der Waals surface area contributed by atoms with Crippen LogP contribution in [0.15, 0.2) is 30.5 Å². The maximum absolute atomic E-state index is 14.4. The van der Waals surface area contributed by atoms with Crippen molar-refractivity contribution < 1.29 is 27.8 Å². The minimum atomic E-state index is -1.10. The smallest absolute Gasteiger partial charge is 0.254 e. The zero-order valence-corrected chi connectivity index (χ0v) is 18.2. The van der Waals surface area contributed by atoms with E-state index in [2.05, 4.69) is 10.3 Å². The Balaban J connectivity index is 1.96. The predicted octanol–water partition coefficient (Wildman–Crippen LogP) is 4.50. The molecule has 1 aliphatic heterocycles. The molecule has 2 heterocycles. The number of rotatable bonds is 5. The van der Waals surface area contributed by atoms with Gasteiger partial charge in [0.15, 0.2) is 17.3 Å². The number of ketones is 1. The van der Waals surface area contributed by atoms with Crippen LogP contribution in [-0.4, -0.2) is 36.0 Å². The van der Waals surface area contributed by atoms with Gasteiger partial charge >= 0.3 is 0 Å². The van der Waals surface area contributed by atoms with Crippen LogP contribution in [0.4, 0.5) is 14.5 Å². The topological polar surface area (TPSA) is 77.5 Å². The number of halogens is 2. The zero-order chi connectivity index (χ0) is 22.9. The van der Waals surface area contributed by atoms with Crippen LogP contribution in [-0.2, 0) is 9.53 Å². The van der Waals surface area contributed by atoms with Crippen molar-refractivity contribution in [2.24, 2.45) is 5.41 Å². The van der Waals surface area contributed by atoms with Gasteiger partial charge in [0, 0.05) is 30.3 Å². The van der Waals surface area contributed by atoms with Crippen LogP contribution in [0.2, 0.25) is 0 Å². The first-order chi connectivity index (χ1) is 14.5. The Morgan fingerprint density at radius 1 is 1.23 bits per heavy atom. The molecule has 1 amide bonds. The number of methoxy groups -OCH3 is 1. The molecule has 1 aliphatic rings. The largest absolute Gasteiger partial charge is 0.493 e. The van der Waals surface area contributed by atoms with Crippen molar-refractivity contribution in [2.75, 3.05) is 12.4 Å². The number of ether oxygens (including phenoxy) is 2. The maximum atomic E-state index is 14.4. The average Bonchev–Trinajstić information content (AvgIpc) is 3.16. The Morgan fingerprint density at radius 3 is 2.55 bits per heavy atom. The van der Waals surface area contributed by atoms with Crippen LogP contribution in [0.1, 0.15) is 56.1 Å². The lowest BCUT2D eigenvalue weighted by atomic mass is 9.82. The summed E-state index contributed by atoms with van der Waals surface area (Å²) in [5, 5.41) is 2.75. The number of hydrogen-bond donors (Lipinski definition) is 1. The van der Waals surface area contributed by atoms with Crippen LogP contribution in [0, 0.1) is 17.0 Å². The number of nitrogens with zero attached hydrogens (tertiary/aromatic N) is 1. The molecule has 2 aromatic rings. The lowest BCUT2D eigenvalue weighted by Crippen LogP contribution is -2.34. The molecular formula is C23H26F2N2O4. The van der Waals surface area contributed by atoms with Gasteiger partial charge in [0.2, 0.25) is 5.82 Å². The molecule has 0 bridgehead atoms. The number of benzene rings is 1. The summed E-state index contributed by atoms with van der Waals surface area (Å²) in [6.45, 7) is 7.34. The second kappa shape index (κ2) is 8.70. The Labute approximate surface area is 180 Å². The highest BCUT2D eigenvalue weighted by molar-refractivity contribution is 5.97. The van der Waals surface area contributed by atoms with Crippen molar-refractivity contribution in [3.8, 4) is 5.75 Å². The van der Waals surface area contributed by atoms with Gasteiger partial charge in [-0.25, -0.2) is 4.39 Å². The number of Topliss-reactive ketones (excluding diaryl/α,β-unsaturated/α-hetero) is 1. The second-order valence-corrected chi connectivity index (χ2v) is 8.71. The minimum absolute atomic E-state index is 0.219. The number of pyridine rings is 1. The van der Waals surface area contributed by atoms with Crippen molar-refractivity contribution in [1.82, 2.24) is 4.98 Å². The highest BCUT2D eigenvalue weighted by Crippen LogP contribution is 2.45. The Kier molecular flexibility index (Phi) is 6.40. The highest BCUT2D eigenvalue weighted by Gasteiger charge is 2.46. The summed E-state index contributed by atoms with van der Waals surface area (Å²) in [5.74, 6) is -3.60. The Bertz CT molecular complexity index is 1000. The predicted molar refractivity (Wildman–Crippen MR) is 111 cm³/mol. The molecule has 31 heavy (non-hydrogen) atoms. The van der Waals surface area contributed by atoms with E-state index in [1.54, 1.807) is 6.07 Å². The molecule has 0 spiro atoms. The van der Waals surface area contributed by atoms with Gasteiger partial charge in [-0.1, -0.05) is 26.8 Å². The fourth-order valence-electron chi connectivity index (χ4n) is 3.73. The van der Waals surface area contributed by atoms with E-state index in [0.29, 0.717) is 17.7 Å². The molecule has 0 radical (unpaired) electrons. The molecule has 1 fully saturated rings. The number of hydrogen-bond acceptors (Lipinski definition) is 5. The first-order valence-electron chi connectivity index (χ1n) is 9.98. The fraction of sp³-hybridized carbons (Fsp3) is 0.435. The third-order valence-electron chi connectivity index (χ3n) is 5.44. The zero-order valence-electron chi connectivity index (χ0n) is 18.2. The van der Waals surface area contributed by atoms with E-state index >= 15 is 0 Å². The van der Waals surface area contributed by atoms with E-state index in [0.717, 1.165) is 6.07 Å². The normalized spacial score (nSPS) is 21.1. The number of carbonyl (C=O) groups excluding carboxylic acids is 2. The second-order valence-electron chi connectivity index (χ2n) is 8.71. The summed E-state index contributed by atoms with van der Waals surface area (Å²) in [5.41, 5.74) is 0.699. The molecule has 1 aromatic carbocycles.